The topological polar surface area (TPSA) is 254 Å². The molecular formula is C46H70MgO14. The van der Waals surface area contributed by atoms with Gasteiger partial charge in [-0.25, -0.2) is 0 Å². The number of ether oxygens (including phenoxy) is 2. The molecule has 0 spiro atoms. The summed E-state index contributed by atoms with van der Waals surface area (Å²) in [5, 5.41) is 81.7. The van der Waals surface area contributed by atoms with Crippen LogP contribution in [0.25, 0.3) is 0 Å². The summed E-state index contributed by atoms with van der Waals surface area (Å²) in [7, 11) is 0. The quantitative estimate of drug-likeness (QED) is 0.0755. The molecule has 14 nitrogen and oxygen atoms in total. The molecule has 61 heavy (non-hydrogen) atoms. The molecule has 0 fully saturated rings. The van der Waals surface area contributed by atoms with E-state index in [2.05, 4.69) is 26.0 Å². The molecule has 0 aromatic rings. The van der Waals surface area contributed by atoms with E-state index in [0.717, 1.165) is 11.1 Å². The van der Waals surface area contributed by atoms with Gasteiger partial charge in [-0.05, 0) is 86.2 Å². The van der Waals surface area contributed by atoms with Crippen LogP contribution in [0.4, 0.5) is 0 Å². The third-order valence-corrected chi connectivity index (χ3v) is 12.9. The average molecular weight is 871 g/mol. The van der Waals surface area contributed by atoms with Crippen molar-refractivity contribution in [3.63, 3.8) is 0 Å². The van der Waals surface area contributed by atoms with Crippen molar-refractivity contribution in [1.82, 2.24) is 0 Å². The zero-order chi connectivity index (χ0) is 44.8. The Morgan fingerprint density at radius 3 is 1.31 bits per heavy atom. The molecule has 16 atom stereocenters. The van der Waals surface area contributed by atoms with E-state index in [0.29, 0.717) is 51.4 Å². The van der Waals surface area contributed by atoms with E-state index in [1.54, 1.807) is 0 Å². The van der Waals surface area contributed by atoms with Gasteiger partial charge in [-0.2, -0.15) is 0 Å². The van der Waals surface area contributed by atoms with Gasteiger partial charge < -0.3 is 59.9 Å². The van der Waals surface area contributed by atoms with Crippen LogP contribution >= 0.6 is 0 Å². The van der Waals surface area contributed by atoms with E-state index in [4.69, 9.17) is 9.47 Å². The van der Waals surface area contributed by atoms with Crippen LogP contribution in [0.1, 0.15) is 119 Å². The molecule has 0 saturated heterocycles. The van der Waals surface area contributed by atoms with Gasteiger partial charge in [0.1, 0.15) is 12.2 Å². The van der Waals surface area contributed by atoms with Crippen LogP contribution in [-0.2, 0) is 28.7 Å². The summed E-state index contributed by atoms with van der Waals surface area (Å²) in [5.74, 6) is -3.21. The summed E-state index contributed by atoms with van der Waals surface area (Å²) in [6, 6.07) is 0. The van der Waals surface area contributed by atoms with E-state index in [-0.39, 0.29) is 95.2 Å². The molecule has 0 aromatic carbocycles. The Kier molecular flexibility index (Phi) is 23.4. The number of hydrogen-bond acceptors (Lipinski definition) is 14. The number of carbonyl (C=O) groups is 4. The fraction of sp³-hybridized carbons (Fsp3) is 0.739. The van der Waals surface area contributed by atoms with Crippen molar-refractivity contribution in [3.05, 3.63) is 47.6 Å². The maximum absolute atomic E-state index is 12.4. The summed E-state index contributed by atoms with van der Waals surface area (Å²) in [6.07, 6.45) is 8.63. The molecule has 4 aliphatic carbocycles. The number of hydrogen-bond donors (Lipinski definition) is 6. The molecule has 15 heteroatoms. The fourth-order valence-corrected chi connectivity index (χ4v) is 9.02. The Bertz CT molecular complexity index is 1430. The zero-order valence-electron chi connectivity index (χ0n) is 36.8. The Morgan fingerprint density at radius 1 is 0.656 bits per heavy atom. The minimum Gasteiger partial charge on any atom is -0.550 e. The second kappa shape index (κ2) is 26.2. The van der Waals surface area contributed by atoms with Crippen LogP contribution in [-0.4, -0.2) is 126 Å². The van der Waals surface area contributed by atoms with Crippen LogP contribution in [0.15, 0.2) is 47.6 Å². The van der Waals surface area contributed by atoms with Crippen LogP contribution < -0.4 is 10.2 Å². The number of allylic oxidation sites excluding steroid dienone is 4. The molecule has 4 rings (SSSR count). The Hall–Kier alpha value is -2.63. The number of carbonyl (C=O) groups excluding carboxylic acids is 4. The Balaban J connectivity index is 0.000000413. The molecule has 4 aliphatic rings. The molecule has 0 bridgehead atoms. The van der Waals surface area contributed by atoms with E-state index in [1.807, 2.05) is 52.0 Å². The number of carboxylic acids is 2. The van der Waals surface area contributed by atoms with Gasteiger partial charge in [0.05, 0.1) is 48.5 Å². The van der Waals surface area contributed by atoms with Crippen molar-refractivity contribution in [2.24, 2.45) is 47.3 Å². The molecule has 0 unspecified atom stereocenters. The predicted molar refractivity (Wildman–Crippen MR) is 223 cm³/mol. The number of aliphatic hydroxyl groups is 6. The number of aliphatic hydroxyl groups excluding tert-OH is 6. The molecule has 0 radical (unpaired) electrons. The fourth-order valence-electron chi connectivity index (χ4n) is 9.02. The monoisotopic (exact) mass is 870 g/mol. The molecule has 0 saturated carbocycles. The van der Waals surface area contributed by atoms with Crippen LogP contribution in [0.2, 0.25) is 0 Å². The van der Waals surface area contributed by atoms with Gasteiger partial charge in [0, 0.05) is 49.5 Å². The summed E-state index contributed by atoms with van der Waals surface area (Å²) < 4.78 is 11.7. The maximum Gasteiger partial charge on any atom is 2.00 e. The standard InChI is InChI=1S/2C23H36O7.Mg/c2*1-4-13(2)23(29)30-20-11-17(25)9-15-6-5-14(3)19(22(15)20)8-7-16(24)10-18(26)12-21(27)28;/h2*5-6,9,13-14,16-20,22,24-26H,4,7-8,10-12H2,1-3H3,(H,27,28);/q;;+2/p-2/t2*13-,14-,16+,17+,18+,19-,20-,22-;/m00./s1. The predicted octanol–water partition coefficient (Wildman–Crippen LogP) is 1.83. The third kappa shape index (κ3) is 17.1. The summed E-state index contributed by atoms with van der Waals surface area (Å²) >= 11 is 0. The van der Waals surface area contributed by atoms with Crippen molar-refractivity contribution in [2.45, 2.75) is 167 Å². The van der Waals surface area contributed by atoms with Crippen molar-refractivity contribution in [2.75, 3.05) is 0 Å². The first-order chi connectivity index (χ1) is 28.2. The van der Waals surface area contributed by atoms with Crippen molar-refractivity contribution in [1.29, 1.82) is 0 Å². The summed E-state index contributed by atoms with van der Waals surface area (Å²) in [4.78, 5) is 46.0. The van der Waals surface area contributed by atoms with Gasteiger partial charge >= 0.3 is 35.0 Å². The second-order valence-corrected chi connectivity index (χ2v) is 17.7. The number of aliphatic carboxylic acids is 2. The smallest absolute Gasteiger partial charge is 0.550 e. The van der Waals surface area contributed by atoms with Gasteiger partial charge in [-0.1, -0.05) is 78.0 Å². The van der Waals surface area contributed by atoms with Gasteiger partial charge in [0.25, 0.3) is 0 Å². The van der Waals surface area contributed by atoms with E-state index < -0.39 is 73.6 Å². The Morgan fingerprint density at radius 2 is 1.00 bits per heavy atom. The number of fused-ring (bicyclic) bond motifs is 2. The molecule has 0 heterocycles. The first-order valence-corrected chi connectivity index (χ1v) is 21.9. The van der Waals surface area contributed by atoms with Crippen molar-refractivity contribution >= 4 is 46.9 Å². The second-order valence-electron chi connectivity index (χ2n) is 17.7. The van der Waals surface area contributed by atoms with Crippen molar-refractivity contribution in [3.8, 4) is 0 Å². The largest absolute Gasteiger partial charge is 2.00 e. The Labute approximate surface area is 377 Å². The van der Waals surface area contributed by atoms with E-state index in [1.165, 1.54) is 0 Å². The summed E-state index contributed by atoms with van der Waals surface area (Å²) in [6.45, 7) is 11.7. The molecule has 6 N–H and O–H groups in total. The minimum absolute atomic E-state index is 0. The molecule has 340 valence electrons. The minimum atomic E-state index is -1.35. The van der Waals surface area contributed by atoms with Crippen molar-refractivity contribution < 1.29 is 69.5 Å². The van der Waals surface area contributed by atoms with Crippen LogP contribution in [0.3, 0.4) is 0 Å². The van der Waals surface area contributed by atoms with Gasteiger partial charge in [0.2, 0.25) is 0 Å². The molecule has 0 aromatic heterocycles. The summed E-state index contributed by atoms with van der Waals surface area (Å²) in [5.41, 5.74) is 1.90. The molecule has 0 aliphatic heterocycles. The SMILES string of the molecule is CC[C@H](C)C(=O)O[C@H]1C[C@H](O)C=C2C=C[C@H](C)[C@H](CC[C@@H](O)C[C@@H](O)CC(=O)[O-])[C@H]21.CC[C@H](C)C(=O)O[C@H]1C[C@H](O)C=C2C=C[C@H](C)[C@H](CC[C@@H](O)C[C@@H](O)CC(=O)[O-])[C@H]21.[Mg+2]. The molecule has 0 amide bonds. The van der Waals surface area contributed by atoms with Gasteiger partial charge in [-0.3, -0.25) is 9.59 Å². The zero-order valence-corrected chi connectivity index (χ0v) is 38.3. The van der Waals surface area contributed by atoms with Crippen LogP contribution in [0, 0.1) is 47.3 Å². The van der Waals surface area contributed by atoms with Gasteiger partial charge in [0.15, 0.2) is 0 Å². The first-order valence-electron chi connectivity index (χ1n) is 21.9. The average Bonchev–Trinajstić information content (AvgIpc) is 3.15. The first kappa shape index (κ1) is 54.5. The molecular weight excluding hydrogens is 801 g/mol. The maximum atomic E-state index is 12.4. The van der Waals surface area contributed by atoms with Crippen LogP contribution in [0.5, 0.6) is 0 Å². The van der Waals surface area contributed by atoms with E-state index in [9.17, 15) is 60.0 Å². The number of carboxylic acid groups (broad SMARTS) is 2. The van der Waals surface area contributed by atoms with Gasteiger partial charge in [-0.15, -0.1) is 0 Å². The van der Waals surface area contributed by atoms with E-state index >= 15 is 0 Å². The number of esters is 2. The normalized spacial score (nSPS) is 30.8. The third-order valence-electron chi connectivity index (χ3n) is 12.9. The number of rotatable bonds is 20.